The van der Waals surface area contributed by atoms with Crippen molar-refractivity contribution in [2.75, 3.05) is 0 Å². The number of aliphatic hydroxyl groups is 2. The lowest BCUT2D eigenvalue weighted by Crippen LogP contribution is -2.69. The number of fused-ring (bicyclic) bond motifs is 7. The summed E-state index contributed by atoms with van der Waals surface area (Å²) in [5.74, 6) is 1.25. The molecule has 5 rings (SSSR count). The highest BCUT2D eigenvalue weighted by molar-refractivity contribution is 5.76. The van der Waals surface area contributed by atoms with Gasteiger partial charge in [-0.3, -0.25) is 4.79 Å². The van der Waals surface area contributed by atoms with Crippen molar-refractivity contribution in [1.29, 1.82) is 0 Å². The molecule has 5 aliphatic rings. The number of carboxylic acid groups (broad SMARTS) is 1. The van der Waals surface area contributed by atoms with E-state index in [4.69, 9.17) is 0 Å². The molecule has 4 heteroatoms. The Morgan fingerprint density at radius 1 is 0.941 bits per heavy atom. The van der Waals surface area contributed by atoms with E-state index in [2.05, 4.69) is 54.5 Å². The summed E-state index contributed by atoms with van der Waals surface area (Å²) in [5.41, 5.74) is 0.693. The number of carbonyl (C=O) groups is 1. The summed E-state index contributed by atoms with van der Waals surface area (Å²) in [6.07, 6.45) is 8.48. The van der Waals surface area contributed by atoms with Crippen LogP contribution in [0, 0.1) is 56.7 Å². The molecule has 0 amide bonds. The predicted octanol–water partition coefficient (Wildman–Crippen LogP) is 6.06. The standard InChI is InChI=1S/C30H48O4/c1-17-10-13-30(25(33)34)15-14-28(6)19(23(30)18(17)2)8-9-22-27(5)16-20(31)24(32)26(3,4)21(27)11-12-29(22,28)7/h10,18-24,31-32H,8-9,11-16H2,1-7H3,(H,33,34). The second kappa shape index (κ2) is 7.34. The first-order valence-corrected chi connectivity index (χ1v) is 13.9. The van der Waals surface area contributed by atoms with Gasteiger partial charge < -0.3 is 15.3 Å². The smallest absolute Gasteiger partial charge is 0.310 e. The molecule has 0 aromatic carbocycles. The molecule has 0 radical (unpaired) electrons. The molecular formula is C30H48O4. The van der Waals surface area contributed by atoms with Gasteiger partial charge in [-0.1, -0.05) is 53.2 Å². The molecule has 34 heavy (non-hydrogen) atoms. The van der Waals surface area contributed by atoms with Gasteiger partial charge in [-0.15, -0.1) is 0 Å². The molecule has 11 atom stereocenters. The highest BCUT2D eigenvalue weighted by Gasteiger charge is 2.71. The number of rotatable bonds is 1. The van der Waals surface area contributed by atoms with Gasteiger partial charge in [-0.25, -0.2) is 0 Å². The van der Waals surface area contributed by atoms with Crippen molar-refractivity contribution in [3.05, 3.63) is 11.6 Å². The molecule has 11 unspecified atom stereocenters. The van der Waals surface area contributed by atoms with Gasteiger partial charge in [0.25, 0.3) is 0 Å². The maximum Gasteiger partial charge on any atom is 0.310 e. The summed E-state index contributed by atoms with van der Waals surface area (Å²) in [6, 6.07) is 0. The van der Waals surface area contributed by atoms with Crippen LogP contribution in [-0.2, 0) is 4.79 Å². The van der Waals surface area contributed by atoms with E-state index < -0.39 is 23.6 Å². The van der Waals surface area contributed by atoms with Gasteiger partial charge in [0.05, 0.1) is 17.6 Å². The molecule has 192 valence electrons. The van der Waals surface area contributed by atoms with Crippen molar-refractivity contribution in [2.45, 2.75) is 112 Å². The number of aliphatic carboxylic acids is 1. The van der Waals surface area contributed by atoms with Crippen molar-refractivity contribution >= 4 is 5.97 Å². The van der Waals surface area contributed by atoms with Crippen LogP contribution in [0.3, 0.4) is 0 Å². The third-order valence-electron chi connectivity index (χ3n) is 13.5. The maximum atomic E-state index is 12.8. The fourth-order valence-corrected chi connectivity index (χ4v) is 11.4. The van der Waals surface area contributed by atoms with Crippen LogP contribution in [0.2, 0.25) is 0 Å². The SMILES string of the molecule is CC1=CCC2(C(=O)O)CCC3(C)C(CCC4C5(C)CC(O)C(O)C(C)(C)C5CCC43C)C2C1C. The minimum absolute atomic E-state index is 0.00153. The zero-order valence-electron chi connectivity index (χ0n) is 22.5. The Morgan fingerprint density at radius 3 is 2.26 bits per heavy atom. The van der Waals surface area contributed by atoms with Gasteiger partial charge in [0.15, 0.2) is 0 Å². The highest BCUT2D eigenvalue weighted by atomic mass is 16.4. The molecule has 0 bridgehead atoms. The molecule has 0 heterocycles. The summed E-state index contributed by atoms with van der Waals surface area (Å²) in [4.78, 5) is 12.8. The molecule has 4 saturated carbocycles. The quantitative estimate of drug-likeness (QED) is 0.405. The molecule has 0 aromatic rings. The Kier molecular flexibility index (Phi) is 5.36. The first-order valence-electron chi connectivity index (χ1n) is 13.9. The second-order valence-electron chi connectivity index (χ2n) is 14.6. The highest BCUT2D eigenvalue weighted by Crippen LogP contribution is 2.76. The molecular weight excluding hydrogens is 424 g/mol. The summed E-state index contributed by atoms with van der Waals surface area (Å²) in [7, 11) is 0. The van der Waals surface area contributed by atoms with Gasteiger partial charge >= 0.3 is 5.97 Å². The molecule has 0 aromatic heterocycles. The first kappa shape index (κ1) is 24.8. The van der Waals surface area contributed by atoms with Crippen LogP contribution >= 0.6 is 0 Å². The second-order valence-corrected chi connectivity index (χ2v) is 14.6. The zero-order valence-corrected chi connectivity index (χ0v) is 22.5. The van der Waals surface area contributed by atoms with Crippen molar-refractivity contribution < 1.29 is 20.1 Å². The molecule has 5 aliphatic carbocycles. The Hall–Kier alpha value is -0.870. The average Bonchev–Trinajstić information content (AvgIpc) is 2.75. The topological polar surface area (TPSA) is 77.8 Å². The minimum atomic E-state index is -0.665. The van der Waals surface area contributed by atoms with E-state index >= 15 is 0 Å². The average molecular weight is 473 g/mol. The van der Waals surface area contributed by atoms with Crippen LogP contribution in [0.5, 0.6) is 0 Å². The Morgan fingerprint density at radius 2 is 1.62 bits per heavy atom. The van der Waals surface area contributed by atoms with Crippen LogP contribution in [0.4, 0.5) is 0 Å². The Balaban J connectivity index is 1.58. The predicted molar refractivity (Wildman–Crippen MR) is 134 cm³/mol. The zero-order chi connectivity index (χ0) is 25.1. The van der Waals surface area contributed by atoms with E-state index in [1.807, 2.05) is 0 Å². The molecule has 0 spiro atoms. The molecule has 0 aliphatic heterocycles. The van der Waals surface area contributed by atoms with Crippen LogP contribution in [0.1, 0.15) is 99.8 Å². The molecule has 0 saturated heterocycles. The molecule has 4 nitrogen and oxygen atoms in total. The van der Waals surface area contributed by atoms with Crippen molar-refractivity contribution in [2.24, 2.45) is 56.7 Å². The number of allylic oxidation sites excluding steroid dienone is 2. The van der Waals surface area contributed by atoms with Gasteiger partial charge in [-0.05, 0) is 110 Å². The molecule has 4 fully saturated rings. The summed E-state index contributed by atoms with van der Waals surface area (Å²) < 4.78 is 0. The number of hydrogen-bond donors (Lipinski definition) is 3. The van der Waals surface area contributed by atoms with Crippen LogP contribution in [-0.4, -0.2) is 33.5 Å². The third-order valence-corrected chi connectivity index (χ3v) is 13.5. The van der Waals surface area contributed by atoms with E-state index in [0.717, 1.165) is 38.5 Å². The van der Waals surface area contributed by atoms with Crippen LogP contribution in [0.25, 0.3) is 0 Å². The lowest BCUT2D eigenvalue weighted by molar-refractivity contribution is -0.266. The molecule has 3 N–H and O–H groups in total. The van der Waals surface area contributed by atoms with Gasteiger partial charge in [-0.2, -0.15) is 0 Å². The van der Waals surface area contributed by atoms with Gasteiger partial charge in [0.2, 0.25) is 0 Å². The monoisotopic (exact) mass is 472 g/mol. The summed E-state index contributed by atoms with van der Waals surface area (Å²) >= 11 is 0. The van der Waals surface area contributed by atoms with E-state index in [0.29, 0.717) is 36.5 Å². The third kappa shape index (κ3) is 2.76. The minimum Gasteiger partial charge on any atom is -0.481 e. The van der Waals surface area contributed by atoms with E-state index in [1.54, 1.807) is 0 Å². The fraction of sp³-hybridized carbons (Fsp3) is 0.900. The Labute approximate surface area is 206 Å². The van der Waals surface area contributed by atoms with Crippen molar-refractivity contribution in [3.63, 3.8) is 0 Å². The van der Waals surface area contributed by atoms with E-state index in [9.17, 15) is 20.1 Å². The van der Waals surface area contributed by atoms with Crippen molar-refractivity contribution in [1.82, 2.24) is 0 Å². The first-order chi connectivity index (χ1) is 15.7. The fourth-order valence-electron chi connectivity index (χ4n) is 11.4. The van der Waals surface area contributed by atoms with Crippen LogP contribution in [0.15, 0.2) is 11.6 Å². The summed E-state index contributed by atoms with van der Waals surface area (Å²) in [5, 5.41) is 32.4. The summed E-state index contributed by atoms with van der Waals surface area (Å²) in [6.45, 7) is 16.3. The lowest BCUT2D eigenvalue weighted by atomic mass is 9.31. The van der Waals surface area contributed by atoms with Crippen LogP contribution < -0.4 is 0 Å². The largest absolute Gasteiger partial charge is 0.481 e. The van der Waals surface area contributed by atoms with E-state index in [-0.39, 0.29) is 27.6 Å². The van der Waals surface area contributed by atoms with Gasteiger partial charge in [0.1, 0.15) is 0 Å². The van der Waals surface area contributed by atoms with Gasteiger partial charge in [0, 0.05) is 0 Å². The van der Waals surface area contributed by atoms with Crippen molar-refractivity contribution in [3.8, 4) is 0 Å². The number of hydrogen-bond acceptors (Lipinski definition) is 3. The number of aliphatic hydroxyl groups excluding tert-OH is 2. The lowest BCUT2D eigenvalue weighted by Gasteiger charge is -2.73. The number of carboxylic acids is 1. The Bertz CT molecular complexity index is 907. The maximum absolute atomic E-state index is 12.8. The normalized spacial score (nSPS) is 56.3. The van der Waals surface area contributed by atoms with E-state index in [1.165, 1.54) is 5.57 Å².